The molecule has 0 radical (unpaired) electrons. The summed E-state index contributed by atoms with van der Waals surface area (Å²) >= 11 is 0. The highest BCUT2D eigenvalue weighted by atomic mass is 16.4. The van der Waals surface area contributed by atoms with E-state index >= 15 is 0 Å². The number of hydrogen-bond acceptors (Lipinski definition) is 3. The van der Waals surface area contributed by atoms with E-state index in [1.54, 1.807) is 0 Å². The van der Waals surface area contributed by atoms with Crippen LogP contribution in [0.4, 0.5) is 0 Å². The van der Waals surface area contributed by atoms with Crippen molar-refractivity contribution in [2.45, 2.75) is 13.5 Å². The monoisotopic (exact) mass is 121 g/mol. The highest BCUT2D eigenvalue weighted by Gasteiger charge is 2.06. The third kappa shape index (κ3) is 3.58. The summed E-state index contributed by atoms with van der Waals surface area (Å²) in [5.41, 5.74) is 4.77. The van der Waals surface area contributed by atoms with Gasteiger partial charge in [0, 0.05) is 0 Å². The van der Waals surface area contributed by atoms with Crippen LogP contribution in [0.25, 0.3) is 0 Å². The molecule has 0 aromatic rings. The van der Waals surface area contributed by atoms with Gasteiger partial charge >= 0.3 is 5.97 Å². The molecule has 0 aliphatic carbocycles. The number of aliphatic hydroxyl groups is 1. The molecule has 0 aromatic carbocycles. The van der Waals surface area contributed by atoms with Crippen LogP contribution >= 0.6 is 0 Å². The standard InChI is InChI=1S/C3H7NO3.CH4/c4-2(1-5)3(6)7;/h2,5H,1,4H2,(H,6,7);1H4. The zero-order valence-corrected chi connectivity index (χ0v) is 3.66. The number of rotatable bonds is 2. The normalized spacial score (nSPS) is 11.8. The fourth-order valence-electron chi connectivity index (χ4n) is 0.0781. The number of carboxylic acids is 1. The predicted molar refractivity (Wildman–Crippen MR) is 29.4 cm³/mol. The number of carboxylic acid groups (broad SMARTS) is 1. The highest BCUT2D eigenvalue weighted by Crippen LogP contribution is 1.71. The third-order valence-corrected chi connectivity index (χ3v) is 0.514. The summed E-state index contributed by atoms with van der Waals surface area (Å²) in [6.45, 7) is -0.505. The molecule has 4 N–H and O–H groups in total. The summed E-state index contributed by atoms with van der Waals surface area (Å²) in [6, 6.07) is -1.13. The molecule has 0 amide bonds. The molecular weight excluding hydrogens is 110 g/mol. The predicted octanol–water partition coefficient (Wildman–Crippen LogP) is -0.973. The Morgan fingerprint density at radius 2 is 2.12 bits per heavy atom. The van der Waals surface area contributed by atoms with Crippen LogP contribution in [0.1, 0.15) is 7.43 Å². The lowest BCUT2D eigenvalue weighted by Gasteiger charge is -1.96. The van der Waals surface area contributed by atoms with Crippen molar-refractivity contribution in [2.75, 3.05) is 6.61 Å². The van der Waals surface area contributed by atoms with Crippen molar-refractivity contribution in [3.63, 3.8) is 0 Å². The Kier molecular flexibility index (Phi) is 5.90. The van der Waals surface area contributed by atoms with Crippen LogP contribution in [0.15, 0.2) is 0 Å². The average Bonchev–Trinajstić information content (AvgIpc) is 1.65. The first-order chi connectivity index (χ1) is 3.18. The fourth-order valence-corrected chi connectivity index (χ4v) is 0.0781. The van der Waals surface area contributed by atoms with E-state index < -0.39 is 18.6 Å². The molecule has 1 atom stereocenters. The van der Waals surface area contributed by atoms with Gasteiger partial charge in [-0.3, -0.25) is 4.79 Å². The summed E-state index contributed by atoms with van der Waals surface area (Å²) < 4.78 is 0. The fraction of sp³-hybridized carbons (Fsp3) is 0.750. The number of hydrogen-bond donors (Lipinski definition) is 3. The van der Waals surface area contributed by atoms with Crippen LogP contribution in [-0.2, 0) is 4.79 Å². The maximum Gasteiger partial charge on any atom is 0.322 e. The molecule has 4 heteroatoms. The minimum atomic E-state index is -1.18. The van der Waals surface area contributed by atoms with Gasteiger partial charge in [-0.15, -0.1) is 0 Å². The van der Waals surface area contributed by atoms with Crippen LogP contribution in [-0.4, -0.2) is 28.8 Å². The van der Waals surface area contributed by atoms with Crippen molar-refractivity contribution in [1.29, 1.82) is 0 Å². The van der Waals surface area contributed by atoms with Gasteiger partial charge in [-0.1, -0.05) is 7.43 Å². The molecular formula is C4H11NO3. The van der Waals surface area contributed by atoms with Crippen LogP contribution in [0.3, 0.4) is 0 Å². The van der Waals surface area contributed by atoms with Gasteiger partial charge in [-0.2, -0.15) is 0 Å². The molecule has 0 bridgehead atoms. The minimum Gasteiger partial charge on any atom is -0.480 e. The highest BCUT2D eigenvalue weighted by molar-refractivity contribution is 5.73. The molecule has 0 aromatic heterocycles. The Morgan fingerprint density at radius 1 is 1.75 bits per heavy atom. The summed E-state index contributed by atoms with van der Waals surface area (Å²) in [4.78, 5) is 9.65. The summed E-state index contributed by atoms with van der Waals surface area (Å²) in [6.07, 6.45) is 0. The van der Waals surface area contributed by atoms with Gasteiger partial charge in [-0.05, 0) is 0 Å². The molecule has 50 valence electrons. The molecule has 0 saturated heterocycles. The number of aliphatic carboxylic acids is 1. The van der Waals surface area contributed by atoms with Crippen molar-refractivity contribution in [1.82, 2.24) is 0 Å². The molecule has 1 unspecified atom stereocenters. The van der Waals surface area contributed by atoms with E-state index in [1.807, 2.05) is 0 Å². The molecule has 8 heavy (non-hydrogen) atoms. The van der Waals surface area contributed by atoms with Gasteiger partial charge in [0.1, 0.15) is 6.04 Å². The van der Waals surface area contributed by atoms with E-state index in [9.17, 15) is 4.79 Å². The zero-order chi connectivity index (χ0) is 5.86. The summed E-state index contributed by atoms with van der Waals surface area (Å²) in [5, 5.41) is 15.9. The minimum absolute atomic E-state index is 0. The van der Waals surface area contributed by atoms with E-state index in [1.165, 1.54) is 0 Å². The van der Waals surface area contributed by atoms with E-state index in [0.717, 1.165) is 0 Å². The van der Waals surface area contributed by atoms with Crippen LogP contribution in [0.2, 0.25) is 0 Å². The molecule has 0 heterocycles. The van der Waals surface area contributed by atoms with Gasteiger partial charge in [0.05, 0.1) is 6.61 Å². The van der Waals surface area contributed by atoms with Crippen molar-refractivity contribution in [2.24, 2.45) is 5.73 Å². The van der Waals surface area contributed by atoms with E-state index in [-0.39, 0.29) is 7.43 Å². The molecule has 0 saturated carbocycles. The smallest absolute Gasteiger partial charge is 0.322 e. The van der Waals surface area contributed by atoms with Crippen molar-refractivity contribution in [3.05, 3.63) is 0 Å². The van der Waals surface area contributed by atoms with Gasteiger partial charge in [0.2, 0.25) is 0 Å². The van der Waals surface area contributed by atoms with Gasteiger partial charge in [0.25, 0.3) is 0 Å². The van der Waals surface area contributed by atoms with Gasteiger partial charge < -0.3 is 15.9 Å². The number of carbonyl (C=O) groups is 1. The second-order valence-electron chi connectivity index (χ2n) is 1.13. The summed E-state index contributed by atoms with van der Waals surface area (Å²) in [7, 11) is 0. The number of nitrogens with two attached hydrogens (primary N) is 1. The van der Waals surface area contributed by atoms with E-state index in [2.05, 4.69) is 0 Å². The lowest BCUT2D eigenvalue weighted by atomic mass is 10.3. The largest absolute Gasteiger partial charge is 0.480 e. The van der Waals surface area contributed by atoms with E-state index in [0.29, 0.717) is 0 Å². The number of aliphatic hydroxyl groups excluding tert-OH is 1. The Balaban J connectivity index is 0. The first-order valence-corrected chi connectivity index (χ1v) is 1.77. The lowest BCUT2D eigenvalue weighted by Crippen LogP contribution is -2.33. The zero-order valence-electron chi connectivity index (χ0n) is 3.66. The van der Waals surface area contributed by atoms with Crippen molar-refractivity contribution >= 4 is 5.97 Å². The van der Waals surface area contributed by atoms with Crippen LogP contribution in [0, 0.1) is 0 Å². The quantitative estimate of drug-likeness (QED) is 0.438. The van der Waals surface area contributed by atoms with Crippen LogP contribution in [0.5, 0.6) is 0 Å². The maximum atomic E-state index is 9.65. The Morgan fingerprint density at radius 3 is 2.12 bits per heavy atom. The topological polar surface area (TPSA) is 83.5 Å². The molecule has 0 fully saturated rings. The van der Waals surface area contributed by atoms with Crippen LogP contribution < -0.4 is 5.73 Å². The molecule has 0 aliphatic heterocycles. The third-order valence-electron chi connectivity index (χ3n) is 0.514. The Bertz CT molecular complexity index is 73.7. The first-order valence-electron chi connectivity index (χ1n) is 1.77. The Hall–Kier alpha value is -0.610. The van der Waals surface area contributed by atoms with Gasteiger partial charge in [-0.25, -0.2) is 0 Å². The Labute approximate surface area is 47.9 Å². The molecule has 0 spiro atoms. The van der Waals surface area contributed by atoms with Crippen molar-refractivity contribution in [3.8, 4) is 0 Å². The molecule has 0 rings (SSSR count). The molecule has 4 nitrogen and oxygen atoms in total. The SMILES string of the molecule is C.NC(CO)C(=O)O. The van der Waals surface area contributed by atoms with Gasteiger partial charge in [0.15, 0.2) is 0 Å². The second kappa shape index (κ2) is 4.55. The van der Waals surface area contributed by atoms with Crippen molar-refractivity contribution < 1.29 is 15.0 Å². The van der Waals surface area contributed by atoms with E-state index in [4.69, 9.17) is 15.9 Å². The summed E-state index contributed by atoms with van der Waals surface area (Å²) in [5.74, 6) is -1.18. The molecule has 0 aliphatic rings. The lowest BCUT2D eigenvalue weighted by molar-refractivity contribution is -0.139. The second-order valence-corrected chi connectivity index (χ2v) is 1.13. The maximum absolute atomic E-state index is 9.65. The first kappa shape index (κ1) is 10.4. The average molecular weight is 121 g/mol.